The van der Waals surface area contributed by atoms with Crippen molar-refractivity contribution in [3.8, 4) is 0 Å². The number of benzene rings is 1. The van der Waals surface area contributed by atoms with E-state index >= 15 is 0 Å². The predicted octanol–water partition coefficient (Wildman–Crippen LogP) is 3.50. The van der Waals surface area contributed by atoms with Crippen LogP contribution >= 0.6 is 56.3 Å². The SMILES string of the molecule is Cc1ccc(C(N)=S)c(Br)c1C(Br)CC(N)=S. The Labute approximate surface area is 128 Å². The number of hydrogen-bond acceptors (Lipinski definition) is 2. The number of nitrogens with two attached hydrogens (primary N) is 2. The van der Waals surface area contributed by atoms with Crippen LogP contribution in [0.5, 0.6) is 0 Å². The minimum atomic E-state index is 0.0590. The maximum absolute atomic E-state index is 5.67. The smallest absolute Gasteiger partial charge is 0.105 e. The van der Waals surface area contributed by atoms with Gasteiger partial charge in [0.05, 0.1) is 4.99 Å². The van der Waals surface area contributed by atoms with E-state index < -0.39 is 0 Å². The fourth-order valence-electron chi connectivity index (χ4n) is 1.54. The number of hydrogen-bond donors (Lipinski definition) is 2. The first-order valence-electron chi connectivity index (χ1n) is 4.85. The minimum Gasteiger partial charge on any atom is -0.393 e. The average molecular weight is 396 g/mol. The summed E-state index contributed by atoms with van der Waals surface area (Å²) in [5, 5.41) is 0. The van der Waals surface area contributed by atoms with Gasteiger partial charge in [-0.15, -0.1) is 0 Å². The molecule has 0 bridgehead atoms. The Hall–Kier alpha value is -0.0400. The van der Waals surface area contributed by atoms with Crippen molar-refractivity contribution in [3.63, 3.8) is 0 Å². The van der Waals surface area contributed by atoms with E-state index in [-0.39, 0.29) is 4.83 Å². The average Bonchev–Trinajstić information content (AvgIpc) is 2.15. The van der Waals surface area contributed by atoms with Crippen LogP contribution < -0.4 is 11.5 Å². The van der Waals surface area contributed by atoms with Gasteiger partial charge >= 0.3 is 0 Å². The molecule has 92 valence electrons. The second-order valence-corrected chi connectivity index (χ2v) is 6.52. The summed E-state index contributed by atoms with van der Waals surface area (Å²) in [5.41, 5.74) is 14.3. The Kier molecular flexibility index (Phi) is 5.50. The molecule has 1 aromatic carbocycles. The molecule has 0 saturated heterocycles. The van der Waals surface area contributed by atoms with Gasteiger partial charge in [0, 0.05) is 21.3 Å². The molecule has 0 aromatic heterocycles. The lowest BCUT2D eigenvalue weighted by molar-refractivity contribution is 1.00. The maximum Gasteiger partial charge on any atom is 0.105 e. The summed E-state index contributed by atoms with van der Waals surface area (Å²) < 4.78 is 0.906. The number of aryl methyl sites for hydroxylation is 1. The molecule has 0 aliphatic rings. The normalized spacial score (nSPS) is 12.2. The Morgan fingerprint density at radius 2 is 1.94 bits per heavy atom. The van der Waals surface area contributed by atoms with Gasteiger partial charge in [-0.05, 0) is 34.0 Å². The molecule has 1 atom stereocenters. The minimum absolute atomic E-state index is 0.0590. The highest BCUT2D eigenvalue weighted by Crippen LogP contribution is 2.36. The third-order valence-electron chi connectivity index (χ3n) is 2.36. The lowest BCUT2D eigenvalue weighted by atomic mass is 10.0. The number of alkyl halides is 1. The van der Waals surface area contributed by atoms with Crippen molar-refractivity contribution < 1.29 is 0 Å². The highest BCUT2D eigenvalue weighted by atomic mass is 79.9. The summed E-state index contributed by atoms with van der Waals surface area (Å²) in [5.74, 6) is 0. The maximum atomic E-state index is 5.67. The van der Waals surface area contributed by atoms with E-state index in [2.05, 4.69) is 31.9 Å². The van der Waals surface area contributed by atoms with Crippen molar-refractivity contribution in [2.24, 2.45) is 11.5 Å². The van der Waals surface area contributed by atoms with Crippen LogP contribution in [0.15, 0.2) is 16.6 Å². The van der Waals surface area contributed by atoms with Crippen molar-refractivity contribution in [3.05, 3.63) is 33.3 Å². The van der Waals surface area contributed by atoms with E-state index in [9.17, 15) is 0 Å². The van der Waals surface area contributed by atoms with Crippen LogP contribution in [-0.4, -0.2) is 9.98 Å². The summed E-state index contributed by atoms with van der Waals surface area (Å²) in [7, 11) is 0. The Bertz CT molecular complexity index is 475. The van der Waals surface area contributed by atoms with Crippen molar-refractivity contribution in [2.75, 3.05) is 0 Å². The summed E-state index contributed by atoms with van der Waals surface area (Å²) >= 11 is 17.1. The number of rotatable bonds is 4. The van der Waals surface area contributed by atoms with Crippen LogP contribution in [0.2, 0.25) is 0 Å². The number of thiocarbonyl (C=S) groups is 2. The second-order valence-electron chi connectivity index (χ2n) is 3.66. The molecule has 2 nitrogen and oxygen atoms in total. The van der Waals surface area contributed by atoms with Gasteiger partial charge in [0.1, 0.15) is 4.99 Å². The lowest BCUT2D eigenvalue weighted by Gasteiger charge is -2.17. The van der Waals surface area contributed by atoms with Gasteiger partial charge in [-0.25, -0.2) is 0 Å². The van der Waals surface area contributed by atoms with Gasteiger partial charge in [-0.1, -0.05) is 52.5 Å². The van der Waals surface area contributed by atoms with E-state index in [1.807, 2.05) is 19.1 Å². The third kappa shape index (κ3) is 3.71. The van der Waals surface area contributed by atoms with E-state index in [1.165, 1.54) is 0 Å². The highest BCUT2D eigenvalue weighted by Gasteiger charge is 2.18. The first-order valence-corrected chi connectivity index (χ1v) is 7.38. The largest absolute Gasteiger partial charge is 0.393 e. The first kappa shape index (κ1) is 15.0. The Balaban J connectivity index is 3.26. The molecule has 17 heavy (non-hydrogen) atoms. The molecule has 0 spiro atoms. The van der Waals surface area contributed by atoms with Crippen LogP contribution in [0.1, 0.15) is 27.9 Å². The molecule has 0 radical (unpaired) electrons. The quantitative estimate of drug-likeness (QED) is 0.605. The monoisotopic (exact) mass is 394 g/mol. The van der Waals surface area contributed by atoms with Gasteiger partial charge in [0.25, 0.3) is 0 Å². The molecule has 0 aliphatic heterocycles. The topological polar surface area (TPSA) is 52.0 Å². The predicted molar refractivity (Wildman–Crippen MR) is 87.8 cm³/mol. The van der Waals surface area contributed by atoms with E-state index in [4.69, 9.17) is 35.9 Å². The fourth-order valence-corrected chi connectivity index (χ4v) is 4.41. The first-order chi connectivity index (χ1) is 7.84. The van der Waals surface area contributed by atoms with Gasteiger partial charge < -0.3 is 11.5 Å². The second kappa shape index (κ2) is 6.22. The summed E-state index contributed by atoms with van der Waals surface area (Å²) in [4.78, 5) is 0.899. The van der Waals surface area contributed by atoms with E-state index in [1.54, 1.807) is 0 Å². The van der Waals surface area contributed by atoms with Crippen LogP contribution in [0, 0.1) is 6.92 Å². The van der Waals surface area contributed by atoms with Gasteiger partial charge in [-0.3, -0.25) is 0 Å². The molecule has 6 heteroatoms. The summed E-state index contributed by atoms with van der Waals surface area (Å²) in [6.45, 7) is 2.03. The molecule has 0 aliphatic carbocycles. The zero-order valence-corrected chi connectivity index (χ0v) is 14.0. The van der Waals surface area contributed by atoms with Crippen molar-refractivity contribution in [1.29, 1.82) is 0 Å². The summed E-state index contributed by atoms with van der Waals surface area (Å²) in [6, 6.07) is 3.90. The molecule has 1 aromatic rings. The molecule has 1 rings (SSSR count). The molecule has 0 heterocycles. The number of halogens is 2. The highest BCUT2D eigenvalue weighted by molar-refractivity contribution is 9.11. The van der Waals surface area contributed by atoms with Gasteiger partial charge in [0.15, 0.2) is 0 Å². The standard InChI is InChI=1S/C11H12Br2N2S2/c1-5-2-3-6(11(15)17)10(13)9(5)7(12)4-8(14)16/h2-3,7H,4H2,1H3,(H2,14,16)(H2,15,17). The zero-order valence-electron chi connectivity index (χ0n) is 9.17. The van der Waals surface area contributed by atoms with Crippen LogP contribution in [0.4, 0.5) is 0 Å². The van der Waals surface area contributed by atoms with Gasteiger partial charge in [-0.2, -0.15) is 0 Å². The molecular weight excluding hydrogens is 384 g/mol. The lowest BCUT2D eigenvalue weighted by Crippen LogP contribution is -2.14. The molecule has 0 saturated carbocycles. The fraction of sp³-hybridized carbons (Fsp3) is 0.273. The van der Waals surface area contributed by atoms with Crippen molar-refractivity contribution in [1.82, 2.24) is 0 Å². The molecule has 4 N–H and O–H groups in total. The molecule has 0 amide bonds. The van der Waals surface area contributed by atoms with Crippen LogP contribution in [-0.2, 0) is 0 Å². The van der Waals surface area contributed by atoms with E-state index in [0.717, 1.165) is 21.2 Å². The van der Waals surface area contributed by atoms with Gasteiger partial charge in [0.2, 0.25) is 0 Å². The van der Waals surface area contributed by atoms with Crippen molar-refractivity contribution in [2.45, 2.75) is 18.2 Å². The van der Waals surface area contributed by atoms with Crippen LogP contribution in [0.25, 0.3) is 0 Å². The molecule has 1 unspecified atom stereocenters. The molecular formula is C11H12Br2N2S2. The summed E-state index contributed by atoms with van der Waals surface area (Å²) in [6.07, 6.45) is 0.593. The van der Waals surface area contributed by atoms with E-state index in [0.29, 0.717) is 16.4 Å². The zero-order chi connectivity index (χ0) is 13.2. The Morgan fingerprint density at radius 3 is 2.41 bits per heavy atom. The van der Waals surface area contributed by atoms with Crippen LogP contribution in [0.3, 0.4) is 0 Å². The Morgan fingerprint density at radius 1 is 1.35 bits per heavy atom. The molecule has 0 fully saturated rings. The third-order valence-corrected chi connectivity index (χ3v) is 4.38. The van der Waals surface area contributed by atoms with Crippen molar-refractivity contribution >= 4 is 66.3 Å².